The molecule has 1 saturated heterocycles. The summed E-state index contributed by atoms with van der Waals surface area (Å²) in [6.07, 6.45) is 1.39. The average Bonchev–Trinajstić information content (AvgIpc) is 3.02. The van der Waals surface area contributed by atoms with Gasteiger partial charge >= 0.3 is 0 Å². The second-order valence-corrected chi connectivity index (χ2v) is 9.30. The highest BCUT2D eigenvalue weighted by Crippen LogP contribution is 2.35. The number of carbonyl (C=O) groups excluding carboxylic acids is 3. The van der Waals surface area contributed by atoms with E-state index in [1.165, 1.54) is 18.2 Å². The molecule has 1 aliphatic heterocycles. The van der Waals surface area contributed by atoms with Crippen LogP contribution in [0.1, 0.15) is 16.7 Å². The molecule has 0 bridgehead atoms. The van der Waals surface area contributed by atoms with Crippen molar-refractivity contribution in [3.8, 4) is 0 Å². The number of nitrogens with one attached hydrogen (secondary N) is 1. The number of aliphatic hydroxyl groups is 1. The van der Waals surface area contributed by atoms with E-state index in [-0.39, 0.29) is 17.2 Å². The number of nitro benzene ring substituents is 1. The Morgan fingerprint density at radius 3 is 2.64 bits per heavy atom. The van der Waals surface area contributed by atoms with Crippen molar-refractivity contribution in [2.24, 2.45) is 0 Å². The molecule has 2 aromatic carbocycles. The summed E-state index contributed by atoms with van der Waals surface area (Å²) in [6, 6.07) is 9.83. The zero-order valence-electron chi connectivity index (χ0n) is 17.9. The summed E-state index contributed by atoms with van der Waals surface area (Å²) in [7, 11) is 0. The monoisotopic (exact) mass is 487 g/mol. The third-order valence-corrected chi connectivity index (χ3v) is 6.74. The minimum Gasteiger partial charge on any atom is -0.396 e. The Bertz CT molecular complexity index is 1160. The lowest BCUT2D eigenvalue weighted by atomic mass is 10.1. The third kappa shape index (κ3) is 6.01. The summed E-state index contributed by atoms with van der Waals surface area (Å²) in [6.45, 7) is 3.30. The maximum Gasteiger partial charge on any atom is 0.294 e. The fourth-order valence-corrected chi connectivity index (χ4v) is 4.59. The molecule has 1 fully saturated rings. The van der Waals surface area contributed by atoms with Gasteiger partial charge in [-0.05, 0) is 66.6 Å². The first-order chi connectivity index (χ1) is 15.7. The molecule has 1 aliphatic rings. The zero-order chi connectivity index (χ0) is 24.1. The number of nitrogens with zero attached hydrogens (tertiary/aromatic N) is 2. The summed E-state index contributed by atoms with van der Waals surface area (Å²) in [4.78, 5) is 49.6. The van der Waals surface area contributed by atoms with Gasteiger partial charge in [-0.3, -0.25) is 29.4 Å². The first-order valence-corrected chi connectivity index (χ1v) is 11.6. The Morgan fingerprint density at radius 2 is 1.97 bits per heavy atom. The van der Waals surface area contributed by atoms with Gasteiger partial charge in [0.1, 0.15) is 6.54 Å². The van der Waals surface area contributed by atoms with Crippen LogP contribution in [0.4, 0.5) is 16.2 Å². The molecule has 3 amide bonds. The van der Waals surface area contributed by atoms with Gasteiger partial charge in [-0.15, -0.1) is 11.8 Å². The number of carbonyl (C=O) groups is 3. The van der Waals surface area contributed by atoms with Crippen molar-refractivity contribution in [1.82, 2.24) is 4.90 Å². The number of benzene rings is 2. The van der Waals surface area contributed by atoms with Crippen LogP contribution in [0, 0.1) is 24.0 Å². The molecule has 1 heterocycles. The van der Waals surface area contributed by atoms with Crippen LogP contribution in [0.5, 0.6) is 0 Å². The van der Waals surface area contributed by atoms with Crippen LogP contribution in [0.2, 0.25) is 0 Å². The van der Waals surface area contributed by atoms with Crippen molar-refractivity contribution in [2.45, 2.75) is 18.7 Å². The molecular weight excluding hydrogens is 466 g/mol. The number of hydrogen-bond acceptors (Lipinski definition) is 8. The molecule has 2 N–H and O–H groups in total. The normalized spacial score (nSPS) is 14.8. The molecule has 0 saturated carbocycles. The molecule has 0 aliphatic carbocycles. The summed E-state index contributed by atoms with van der Waals surface area (Å²) < 4.78 is 0. The van der Waals surface area contributed by atoms with E-state index in [2.05, 4.69) is 5.32 Å². The SMILES string of the molecule is Cc1ccc(NC(=O)CN2C(=O)SC(=Cc3ccc(SCCO)c([N+](=O)[O-])c3)C2=O)cc1C. The van der Waals surface area contributed by atoms with Crippen LogP contribution in [0.15, 0.2) is 46.2 Å². The second-order valence-electron chi connectivity index (χ2n) is 7.17. The largest absolute Gasteiger partial charge is 0.396 e. The van der Waals surface area contributed by atoms with Crippen LogP contribution in [-0.4, -0.2) is 50.9 Å². The maximum absolute atomic E-state index is 12.7. The number of imide groups is 1. The molecule has 3 rings (SSSR count). The van der Waals surface area contributed by atoms with E-state index >= 15 is 0 Å². The minimum absolute atomic E-state index is 0.0732. The van der Waals surface area contributed by atoms with Crippen molar-refractivity contribution in [3.63, 3.8) is 0 Å². The molecule has 33 heavy (non-hydrogen) atoms. The molecule has 0 unspecified atom stereocenters. The topological polar surface area (TPSA) is 130 Å². The number of aliphatic hydroxyl groups excluding tert-OH is 1. The van der Waals surface area contributed by atoms with E-state index in [1.54, 1.807) is 18.2 Å². The lowest BCUT2D eigenvalue weighted by Gasteiger charge is -2.13. The third-order valence-electron chi connectivity index (χ3n) is 4.79. The van der Waals surface area contributed by atoms with Gasteiger partial charge in [0.2, 0.25) is 5.91 Å². The first kappa shape index (κ1) is 24.5. The highest BCUT2D eigenvalue weighted by molar-refractivity contribution is 8.18. The highest BCUT2D eigenvalue weighted by atomic mass is 32.2. The fourth-order valence-electron chi connectivity index (χ4n) is 3.00. The Hall–Kier alpha value is -3.15. The van der Waals surface area contributed by atoms with Crippen LogP contribution in [-0.2, 0) is 9.59 Å². The lowest BCUT2D eigenvalue weighted by Crippen LogP contribution is -2.36. The molecule has 172 valence electrons. The predicted molar refractivity (Wildman–Crippen MR) is 128 cm³/mol. The first-order valence-electron chi connectivity index (χ1n) is 9.84. The van der Waals surface area contributed by atoms with Gasteiger partial charge in [0.15, 0.2) is 0 Å². The van der Waals surface area contributed by atoms with E-state index in [4.69, 9.17) is 5.11 Å². The Labute approximate surface area is 198 Å². The van der Waals surface area contributed by atoms with Gasteiger partial charge in [0.25, 0.3) is 16.8 Å². The summed E-state index contributed by atoms with van der Waals surface area (Å²) in [5, 5.41) is 22.4. The molecule has 9 nitrogen and oxygen atoms in total. The summed E-state index contributed by atoms with van der Waals surface area (Å²) >= 11 is 1.82. The van der Waals surface area contributed by atoms with Crippen LogP contribution < -0.4 is 5.32 Å². The van der Waals surface area contributed by atoms with Gasteiger partial charge in [-0.2, -0.15) is 0 Å². The Balaban J connectivity index is 1.73. The van der Waals surface area contributed by atoms with E-state index in [0.29, 0.717) is 33.7 Å². The highest BCUT2D eigenvalue weighted by Gasteiger charge is 2.36. The summed E-state index contributed by atoms with van der Waals surface area (Å²) in [5.41, 5.74) is 2.85. The van der Waals surface area contributed by atoms with Crippen molar-refractivity contribution in [3.05, 3.63) is 68.1 Å². The second kappa shape index (κ2) is 10.6. The number of anilines is 1. The smallest absolute Gasteiger partial charge is 0.294 e. The minimum atomic E-state index is -0.637. The van der Waals surface area contributed by atoms with Crippen LogP contribution >= 0.6 is 23.5 Å². The van der Waals surface area contributed by atoms with Crippen molar-refractivity contribution in [1.29, 1.82) is 0 Å². The molecule has 0 radical (unpaired) electrons. The molecule has 2 aromatic rings. The van der Waals surface area contributed by atoms with Gasteiger partial charge < -0.3 is 10.4 Å². The molecular formula is C22H21N3O6S2. The van der Waals surface area contributed by atoms with E-state index < -0.39 is 28.5 Å². The van der Waals surface area contributed by atoms with Gasteiger partial charge in [-0.25, -0.2) is 0 Å². The number of thioether (sulfide) groups is 2. The fraction of sp³-hybridized carbons (Fsp3) is 0.227. The van der Waals surface area contributed by atoms with Crippen molar-refractivity contribution >= 4 is 58.0 Å². The standard InChI is InChI=1S/C22H21N3O6S2/c1-13-3-5-16(9-14(13)2)23-20(27)12-24-21(28)19(33-22(24)29)11-15-4-6-18(32-8-7-26)17(10-15)25(30)31/h3-6,9-11,26H,7-8,12H2,1-2H3,(H,23,27). The molecule has 0 aromatic heterocycles. The lowest BCUT2D eigenvalue weighted by molar-refractivity contribution is -0.387. The number of amides is 3. The molecule has 11 heteroatoms. The number of aryl methyl sites for hydroxylation is 2. The van der Waals surface area contributed by atoms with Crippen LogP contribution in [0.3, 0.4) is 0 Å². The van der Waals surface area contributed by atoms with E-state index in [0.717, 1.165) is 27.8 Å². The van der Waals surface area contributed by atoms with Crippen molar-refractivity contribution < 1.29 is 24.4 Å². The Kier molecular flexibility index (Phi) is 7.90. The number of hydrogen-bond donors (Lipinski definition) is 2. The quantitative estimate of drug-likeness (QED) is 0.248. The van der Waals surface area contributed by atoms with Crippen molar-refractivity contribution in [2.75, 3.05) is 24.2 Å². The van der Waals surface area contributed by atoms with Crippen LogP contribution in [0.25, 0.3) is 6.08 Å². The summed E-state index contributed by atoms with van der Waals surface area (Å²) in [5.74, 6) is -0.840. The van der Waals surface area contributed by atoms with Gasteiger partial charge in [0.05, 0.1) is 21.3 Å². The zero-order valence-corrected chi connectivity index (χ0v) is 19.5. The predicted octanol–water partition coefficient (Wildman–Crippen LogP) is 3.97. The van der Waals surface area contributed by atoms with E-state index in [1.807, 2.05) is 19.9 Å². The van der Waals surface area contributed by atoms with Gasteiger partial charge in [0, 0.05) is 17.5 Å². The maximum atomic E-state index is 12.7. The number of rotatable bonds is 8. The Morgan fingerprint density at radius 1 is 1.21 bits per heavy atom. The molecule has 0 spiro atoms. The van der Waals surface area contributed by atoms with Gasteiger partial charge in [-0.1, -0.05) is 12.1 Å². The number of nitro groups is 1. The molecule has 0 atom stereocenters. The average molecular weight is 488 g/mol. The van der Waals surface area contributed by atoms with E-state index in [9.17, 15) is 24.5 Å².